The molecule has 0 saturated heterocycles. The lowest BCUT2D eigenvalue weighted by atomic mass is 10.4. The maximum Gasteiger partial charge on any atom is 0.241 e. The van der Waals surface area contributed by atoms with Gasteiger partial charge in [-0.25, -0.2) is 0 Å². The summed E-state index contributed by atoms with van der Waals surface area (Å²) < 4.78 is 0. The molecule has 0 bridgehead atoms. The van der Waals surface area contributed by atoms with Crippen molar-refractivity contribution < 1.29 is 4.79 Å². The van der Waals surface area contributed by atoms with Gasteiger partial charge in [-0.3, -0.25) is 10.2 Å². The highest BCUT2D eigenvalue weighted by Crippen LogP contribution is 1.86. The highest BCUT2D eigenvalue weighted by Gasteiger charge is 2.07. The highest BCUT2D eigenvalue weighted by molar-refractivity contribution is 5.84. The fraction of sp³-hybridized carbons (Fsp3) is 0.714. The van der Waals surface area contributed by atoms with Crippen LogP contribution in [0.25, 0.3) is 0 Å². The molecule has 0 aromatic carbocycles. The van der Waals surface area contributed by atoms with Gasteiger partial charge in [-0.2, -0.15) is 0 Å². The number of hydrogen-bond donors (Lipinski definition) is 1. The van der Waals surface area contributed by atoms with Crippen LogP contribution in [0.1, 0.15) is 6.92 Å². The van der Waals surface area contributed by atoms with Crippen molar-refractivity contribution in [3.05, 3.63) is 0 Å². The Kier molecular flexibility index (Phi) is 3.57. The summed E-state index contributed by atoms with van der Waals surface area (Å²) in [5, 5.41) is 7.19. The molecule has 0 aromatic heterocycles. The minimum atomic E-state index is 0.0131. The maximum absolute atomic E-state index is 11.0. The lowest BCUT2D eigenvalue weighted by Gasteiger charge is -2.18. The van der Waals surface area contributed by atoms with Crippen LogP contribution in [-0.2, 0) is 4.79 Å². The van der Waals surface area contributed by atoms with Crippen LogP contribution in [0.15, 0.2) is 0 Å². The number of amides is 1. The zero-order valence-corrected chi connectivity index (χ0v) is 7.51. The van der Waals surface area contributed by atoms with Crippen molar-refractivity contribution in [1.82, 2.24) is 9.80 Å². The Morgan fingerprint density at radius 1 is 1.36 bits per heavy atom. The molecule has 0 saturated carbocycles. The standard InChI is InChI=1S/C7H15N3O/c1-6(8)10(4)5-7(11)9(2)3/h8H,5H2,1-4H3. The van der Waals surface area contributed by atoms with Crippen molar-refractivity contribution in [2.75, 3.05) is 27.7 Å². The second-order valence-corrected chi connectivity index (χ2v) is 2.73. The van der Waals surface area contributed by atoms with E-state index >= 15 is 0 Å². The molecule has 0 radical (unpaired) electrons. The van der Waals surface area contributed by atoms with Gasteiger partial charge in [-0.1, -0.05) is 0 Å². The first kappa shape index (κ1) is 9.94. The molecule has 11 heavy (non-hydrogen) atoms. The molecule has 4 nitrogen and oxygen atoms in total. The summed E-state index contributed by atoms with van der Waals surface area (Å²) in [4.78, 5) is 14.2. The minimum Gasteiger partial charge on any atom is -0.355 e. The van der Waals surface area contributed by atoms with E-state index in [4.69, 9.17) is 5.41 Å². The summed E-state index contributed by atoms with van der Waals surface area (Å²) in [5.74, 6) is 0.416. The van der Waals surface area contributed by atoms with Crippen LogP contribution in [0.5, 0.6) is 0 Å². The number of likely N-dealkylation sites (N-methyl/N-ethyl adjacent to an activating group) is 2. The van der Waals surface area contributed by atoms with Crippen LogP contribution >= 0.6 is 0 Å². The molecular formula is C7H15N3O. The van der Waals surface area contributed by atoms with Gasteiger partial charge >= 0.3 is 0 Å². The fourth-order valence-corrected chi connectivity index (χ4v) is 0.463. The second-order valence-electron chi connectivity index (χ2n) is 2.73. The van der Waals surface area contributed by atoms with E-state index in [1.807, 2.05) is 0 Å². The van der Waals surface area contributed by atoms with Crippen molar-refractivity contribution in [2.45, 2.75) is 6.92 Å². The summed E-state index contributed by atoms with van der Waals surface area (Å²) in [6, 6.07) is 0. The van der Waals surface area contributed by atoms with Gasteiger partial charge in [-0.05, 0) is 6.92 Å². The van der Waals surface area contributed by atoms with Crippen LogP contribution in [0.3, 0.4) is 0 Å². The zero-order chi connectivity index (χ0) is 9.02. The first-order valence-electron chi connectivity index (χ1n) is 3.41. The SMILES string of the molecule is CC(=N)N(C)CC(=O)N(C)C. The van der Waals surface area contributed by atoms with E-state index in [2.05, 4.69) is 0 Å². The van der Waals surface area contributed by atoms with Crippen LogP contribution < -0.4 is 0 Å². The van der Waals surface area contributed by atoms with Gasteiger partial charge in [0.1, 0.15) is 0 Å². The zero-order valence-electron chi connectivity index (χ0n) is 7.51. The summed E-state index contributed by atoms with van der Waals surface area (Å²) in [6.45, 7) is 1.94. The number of hydrogen-bond acceptors (Lipinski definition) is 2. The molecule has 1 amide bonds. The Bertz CT molecular complexity index is 165. The molecule has 1 N–H and O–H groups in total. The molecule has 0 aliphatic carbocycles. The minimum absolute atomic E-state index is 0.0131. The maximum atomic E-state index is 11.0. The predicted molar refractivity (Wildman–Crippen MR) is 44.7 cm³/mol. The van der Waals surface area contributed by atoms with Gasteiger partial charge in [0.2, 0.25) is 5.91 Å². The lowest BCUT2D eigenvalue weighted by Crippen LogP contribution is -2.36. The summed E-state index contributed by atoms with van der Waals surface area (Å²) >= 11 is 0. The van der Waals surface area contributed by atoms with E-state index in [-0.39, 0.29) is 12.5 Å². The number of nitrogens with zero attached hydrogens (tertiary/aromatic N) is 2. The van der Waals surface area contributed by atoms with Crippen LogP contribution in [0, 0.1) is 5.41 Å². The predicted octanol–water partition coefficient (Wildman–Crippen LogP) is 0.00357. The first-order chi connectivity index (χ1) is 4.95. The first-order valence-corrected chi connectivity index (χ1v) is 3.41. The van der Waals surface area contributed by atoms with Crippen molar-refractivity contribution in [3.63, 3.8) is 0 Å². The average molecular weight is 157 g/mol. The third-order valence-corrected chi connectivity index (χ3v) is 1.44. The molecule has 0 unspecified atom stereocenters. The largest absolute Gasteiger partial charge is 0.355 e. The molecule has 0 aliphatic heterocycles. The van der Waals surface area contributed by atoms with Crippen molar-refractivity contribution in [1.29, 1.82) is 5.41 Å². The molecule has 0 rings (SSSR count). The molecule has 0 heterocycles. The van der Waals surface area contributed by atoms with Crippen molar-refractivity contribution in [2.24, 2.45) is 0 Å². The van der Waals surface area contributed by atoms with Crippen molar-refractivity contribution in [3.8, 4) is 0 Å². The van der Waals surface area contributed by atoms with Crippen LogP contribution in [-0.4, -0.2) is 49.2 Å². The summed E-state index contributed by atoms with van der Waals surface area (Å²) in [6.07, 6.45) is 0. The van der Waals surface area contributed by atoms with E-state index in [1.165, 1.54) is 4.90 Å². The van der Waals surface area contributed by atoms with E-state index in [0.717, 1.165) is 0 Å². The molecule has 0 spiro atoms. The number of carbonyl (C=O) groups is 1. The Hall–Kier alpha value is -1.06. The van der Waals surface area contributed by atoms with Gasteiger partial charge in [0.25, 0.3) is 0 Å². The van der Waals surface area contributed by atoms with E-state index < -0.39 is 0 Å². The fourth-order valence-electron chi connectivity index (χ4n) is 0.463. The Morgan fingerprint density at radius 2 is 1.82 bits per heavy atom. The smallest absolute Gasteiger partial charge is 0.241 e. The van der Waals surface area contributed by atoms with Crippen LogP contribution in [0.4, 0.5) is 0 Å². The van der Waals surface area contributed by atoms with E-state index in [0.29, 0.717) is 5.84 Å². The monoisotopic (exact) mass is 157 g/mol. The van der Waals surface area contributed by atoms with E-state index in [9.17, 15) is 4.79 Å². The lowest BCUT2D eigenvalue weighted by molar-refractivity contribution is -0.128. The molecule has 0 aliphatic rings. The quantitative estimate of drug-likeness (QED) is 0.453. The van der Waals surface area contributed by atoms with Gasteiger partial charge < -0.3 is 9.80 Å². The number of nitrogens with one attached hydrogen (secondary N) is 1. The number of rotatable bonds is 2. The highest BCUT2D eigenvalue weighted by atomic mass is 16.2. The molecular weight excluding hydrogens is 142 g/mol. The third-order valence-electron chi connectivity index (χ3n) is 1.44. The second kappa shape index (κ2) is 3.95. The van der Waals surface area contributed by atoms with Crippen LogP contribution in [0.2, 0.25) is 0 Å². The Balaban J connectivity index is 3.85. The molecule has 0 atom stereocenters. The van der Waals surface area contributed by atoms with Gasteiger partial charge in [0, 0.05) is 21.1 Å². The average Bonchev–Trinajstić information content (AvgIpc) is 1.87. The Morgan fingerprint density at radius 3 is 2.09 bits per heavy atom. The molecule has 64 valence electrons. The summed E-state index contributed by atoms with van der Waals surface area (Å²) in [7, 11) is 5.13. The molecule has 0 aromatic rings. The number of amidine groups is 1. The normalized spacial score (nSPS) is 9.09. The summed E-state index contributed by atoms with van der Waals surface area (Å²) in [5.41, 5.74) is 0. The van der Waals surface area contributed by atoms with Crippen molar-refractivity contribution >= 4 is 11.7 Å². The van der Waals surface area contributed by atoms with E-state index in [1.54, 1.807) is 33.0 Å². The molecule has 0 fully saturated rings. The van der Waals surface area contributed by atoms with Gasteiger partial charge in [-0.15, -0.1) is 0 Å². The Labute approximate surface area is 67.3 Å². The molecule has 4 heteroatoms. The third kappa shape index (κ3) is 3.60. The number of carbonyl (C=O) groups excluding carboxylic acids is 1. The topological polar surface area (TPSA) is 47.4 Å². The van der Waals surface area contributed by atoms with Gasteiger partial charge in [0.15, 0.2) is 0 Å². The van der Waals surface area contributed by atoms with Gasteiger partial charge in [0.05, 0.1) is 12.4 Å².